The van der Waals surface area contributed by atoms with E-state index < -0.39 is 11.7 Å². The molecule has 8 heteroatoms. The molecule has 0 aliphatic heterocycles. The Morgan fingerprint density at radius 1 is 1.35 bits per heavy atom. The van der Waals surface area contributed by atoms with Gasteiger partial charge < -0.3 is 26.4 Å². The first-order valence-electron chi connectivity index (χ1n) is 6.40. The molecule has 0 atom stereocenters. The smallest absolute Gasteiger partial charge is 0.407 e. The zero-order valence-corrected chi connectivity index (χ0v) is 12.4. The number of hydrogen-bond acceptors (Lipinski definition) is 7. The Balaban J connectivity index is 3.52. The van der Waals surface area contributed by atoms with Crippen LogP contribution in [0.3, 0.4) is 0 Å². The van der Waals surface area contributed by atoms with E-state index in [0.29, 0.717) is 32.0 Å². The van der Waals surface area contributed by atoms with Gasteiger partial charge in [0, 0.05) is 19.3 Å². The Morgan fingerprint density at radius 2 is 2.05 bits per heavy atom. The molecule has 20 heavy (non-hydrogen) atoms. The minimum atomic E-state index is -0.495. The fourth-order valence-corrected chi connectivity index (χ4v) is 1.07. The highest BCUT2D eigenvalue weighted by atomic mass is 16.6. The van der Waals surface area contributed by atoms with Gasteiger partial charge in [0.1, 0.15) is 5.60 Å². The third kappa shape index (κ3) is 11.4. The Hall–Kier alpha value is -1.67. The molecule has 1 amide bonds. The number of hydrogen-bond donors (Lipinski definition) is 3. The average Bonchev–Trinajstić information content (AvgIpc) is 2.35. The van der Waals surface area contributed by atoms with Crippen LogP contribution in [-0.4, -0.2) is 56.5 Å². The van der Waals surface area contributed by atoms with E-state index in [2.05, 4.69) is 15.4 Å². The third-order valence-corrected chi connectivity index (χ3v) is 1.89. The number of alkyl carbamates (subject to hydrolysis) is 1. The van der Waals surface area contributed by atoms with E-state index in [1.807, 2.05) is 0 Å². The molecular formula is C12H25N5O3. The van der Waals surface area contributed by atoms with Crippen molar-refractivity contribution in [1.82, 2.24) is 5.32 Å². The average molecular weight is 287 g/mol. The summed E-state index contributed by atoms with van der Waals surface area (Å²) in [6.45, 7) is 7.37. The van der Waals surface area contributed by atoms with Crippen molar-refractivity contribution in [1.29, 1.82) is 0 Å². The SMILES string of the molecule is CC(C)(C)OC(=O)NCCOCCN=C/C(CN)=N\N. The molecule has 0 aromatic rings. The van der Waals surface area contributed by atoms with Crippen LogP contribution < -0.4 is 16.9 Å². The fraction of sp³-hybridized carbons (Fsp3) is 0.750. The highest BCUT2D eigenvalue weighted by Crippen LogP contribution is 2.05. The molecule has 0 aromatic carbocycles. The Morgan fingerprint density at radius 3 is 2.60 bits per heavy atom. The minimum absolute atomic E-state index is 0.251. The molecule has 0 radical (unpaired) electrons. The van der Waals surface area contributed by atoms with E-state index in [1.54, 1.807) is 20.8 Å². The van der Waals surface area contributed by atoms with Gasteiger partial charge >= 0.3 is 6.09 Å². The normalized spacial score (nSPS) is 12.7. The first-order valence-corrected chi connectivity index (χ1v) is 6.40. The number of aliphatic imine (C=N–C) groups is 1. The number of rotatable bonds is 8. The molecule has 0 rings (SSSR count). The van der Waals surface area contributed by atoms with Crippen LogP contribution in [0.1, 0.15) is 20.8 Å². The maximum atomic E-state index is 11.3. The van der Waals surface area contributed by atoms with Crippen LogP contribution >= 0.6 is 0 Å². The van der Waals surface area contributed by atoms with Crippen LogP contribution in [0, 0.1) is 0 Å². The summed E-state index contributed by atoms with van der Waals surface area (Å²) in [5, 5.41) is 6.03. The van der Waals surface area contributed by atoms with Crippen molar-refractivity contribution in [2.75, 3.05) is 32.8 Å². The predicted molar refractivity (Wildman–Crippen MR) is 79.1 cm³/mol. The highest BCUT2D eigenvalue weighted by Gasteiger charge is 2.15. The monoisotopic (exact) mass is 287 g/mol. The molecule has 5 N–H and O–H groups in total. The maximum absolute atomic E-state index is 11.3. The van der Waals surface area contributed by atoms with Crippen molar-refractivity contribution < 1.29 is 14.3 Å². The molecular weight excluding hydrogens is 262 g/mol. The van der Waals surface area contributed by atoms with E-state index in [4.69, 9.17) is 21.1 Å². The Bertz CT molecular complexity index is 336. The zero-order chi connectivity index (χ0) is 15.4. The molecule has 0 unspecified atom stereocenters. The molecule has 0 heterocycles. The summed E-state index contributed by atoms with van der Waals surface area (Å²) in [4.78, 5) is 15.3. The van der Waals surface area contributed by atoms with Gasteiger partial charge in [0.05, 0.1) is 25.5 Å². The fourth-order valence-electron chi connectivity index (χ4n) is 1.07. The second-order valence-electron chi connectivity index (χ2n) is 4.90. The number of carbonyl (C=O) groups excluding carboxylic acids is 1. The van der Waals surface area contributed by atoms with E-state index >= 15 is 0 Å². The highest BCUT2D eigenvalue weighted by molar-refractivity contribution is 6.31. The van der Waals surface area contributed by atoms with Crippen molar-refractivity contribution in [3.05, 3.63) is 0 Å². The van der Waals surface area contributed by atoms with Crippen molar-refractivity contribution in [2.45, 2.75) is 26.4 Å². The Labute approximate surface area is 119 Å². The summed E-state index contributed by atoms with van der Waals surface area (Å²) >= 11 is 0. The summed E-state index contributed by atoms with van der Waals surface area (Å²) in [5.74, 6) is 5.07. The van der Waals surface area contributed by atoms with Crippen molar-refractivity contribution in [2.24, 2.45) is 21.7 Å². The van der Waals surface area contributed by atoms with Crippen LogP contribution in [0.2, 0.25) is 0 Å². The number of nitrogens with one attached hydrogen (secondary N) is 1. The van der Waals surface area contributed by atoms with Crippen molar-refractivity contribution in [3.8, 4) is 0 Å². The summed E-state index contributed by atoms with van der Waals surface area (Å²) in [6, 6.07) is 0. The van der Waals surface area contributed by atoms with Gasteiger partial charge in [-0.1, -0.05) is 0 Å². The summed E-state index contributed by atoms with van der Waals surface area (Å²) in [7, 11) is 0. The first kappa shape index (κ1) is 18.3. The van der Waals surface area contributed by atoms with Crippen LogP contribution in [0.25, 0.3) is 0 Å². The molecule has 0 saturated carbocycles. The summed E-state index contributed by atoms with van der Waals surface area (Å²) in [6.07, 6.45) is 1.06. The third-order valence-electron chi connectivity index (χ3n) is 1.89. The van der Waals surface area contributed by atoms with E-state index in [9.17, 15) is 4.79 Å². The molecule has 0 aliphatic carbocycles. The van der Waals surface area contributed by atoms with Crippen LogP contribution in [-0.2, 0) is 9.47 Å². The zero-order valence-electron chi connectivity index (χ0n) is 12.4. The van der Waals surface area contributed by atoms with Gasteiger partial charge in [-0.05, 0) is 20.8 Å². The number of carbonyl (C=O) groups is 1. The van der Waals surface area contributed by atoms with Gasteiger partial charge in [-0.25, -0.2) is 4.79 Å². The standard InChI is InChI=1S/C12H25N5O3/c1-12(2,3)20-11(18)16-5-7-19-6-4-15-9-10(8-13)17-14/h9H,4-8,13-14H2,1-3H3,(H,16,18)/b15-9?,17-10-. The molecule has 0 bridgehead atoms. The number of ether oxygens (including phenoxy) is 2. The molecule has 0 aromatic heterocycles. The lowest BCUT2D eigenvalue weighted by atomic mass is 10.2. The van der Waals surface area contributed by atoms with Gasteiger partial charge in [0.25, 0.3) is 0 Å². The largest absolute Gasteiger partial charge is 0.444 e. The maximum Gasteiger partial charge on any atom is 0.407 e. The van der Waals surface area contributed by atoms with Crippen LogP contribution in [0.4, 0.5) is 4.79 Å². The lowest BCUT2D eigenvalue weighted by Gasteiger charge is -2.19. The molecule has 0 saturated heterocycles. The predicted octanol–water partition coefficient (Wildman–Crippen LogP) is -0.128. The summed E-state index contributed by atoms with van der Waals surface area (Å²) < 4.78 is 10.3. The molecule has 116 valence electrons. The van der Waals surface area contributed by atoms with Crippen LogP contribution in [0.15, 0.2) is 10.1 Å². The van der Waals surface area contributed by atoms with E-state index in [1.165, 1.54) is 6.21 Å². The van der Waals surface area contributed by atoms with E-state index in [-0.39, 0.29) is 6.54 Å². The van der Waals surface area contributed by atoms with E-state index in [0.717, 1.165) is 0 Å². The lowest BCUT2D eigenvalue weighted by Crippen LogP contribution is -2.34. The molecule has 0 spiro atoms. The van der Waals surface area contributed by atoms with Gasteiger partial charge in [-0.15, -0.1) is 0 Å². The Kier molecular flexibility index (Phi) is 9.31. The molecule has 8 nitrogen and oxygen atoms in total. The van der Waals surface area contributed by atoms with Crippen molar-refractivity contribution >= 4 is 18.0 Å². The summed E-state index contributed by atoms with van der Waals surface area (Å²) in [5.41, 5.74) is 5.38. The molecule has 0 aliphatic rings. The minimum Gasteiger partial charge on any atom is -0.444 e. The topological polar surface area (TPSA) is 124 Å². The first-order chi connectivity index (χ1) is 9.39. The van der Waals surface area contributed by atoms with Gasteiger partial charge in [0.2, 0.25) is 0 Å². The lowest BCUT2D eigenvalue weighted by molar-refractivity contribution is 0.0501. The number of amides is 1. The van der Waals surface area contributed by atoms with Gasteiger partial charge in [0.15, 0.2) is 0 Å². The second kappa shape index (κ2) is 10.2. The van der Waals surface area contributed by atoms with Crippen LogP contribution in [0.5, 0.6) is 0 Å². The van der Waals surface area contributed by atoms with Gasteiger partial charge in [-0.3, -0.25) is 4.99 Å². The van der Waals surface area contributed by atoms with Gasteiger partial charge in [-0.2, -0.15) is 5.10 Å². The number of nitrogens with two attached hydrogens (primary N) is 2. The number of hydrazone groups is 1. The molecule has 0 fully saturated rings. The van der Waals surface area contributed by atoms with Crippen molar-refractivity contribution in [3.63, 3.8) is 0 Å². The number of nitrogens with zero attached hydrogens (tertiary/aromatic N) is 2. The second-order valence-corrected chi connectivity index (χ2v) is 4.90. The quantitative estimate of drug-likeness (QED) is 0.248.